The summed E-state index contributed by atoms with van der Waals surface area (Å²) < 4.78 is 0. The molecule has 0 aromatic rings. The van der Waals surface area contributed by atoms with Crippen molar-refractivity contribution in [1.82, 2.24) is 4.90 Å². The topological polar surface area (TPSA) is 46.3 Å². The van der Waals surface area contributed by atoms with Gasteiger partial charge in [-0.05, 0) is 25.8 Å². The molecule has 3 heteroatoms. The minimum Gasteiger partial charge on any atom is -0.336 e. The van der Waals surface area contributed by atoms with Crippen LogP contribution in [0.4, 0.5) is 0 Å². The Kier molecular flexibility index (Phi) is 5.19. The van der Waals surface area contributed by atoms with Gasteiger partial charge in [-0.1, -0.05) is 32.8 Å². The summed E-state index contributed by atoms with van der Waals surface area (Å²) >= 11 is 0. The molecule has 0 aromatic heterocycles. The van der Waals surface area contributed by atoms with Crippen LogP contribution in [-0.4, -0.2) is 29.9 Å². The van der Waals surface area contributed by atoms with E-state index in [1.807, 2.05) is 24.8 Å². The Morgan fingerprint density at radius 2 is 2.06 bits per heavy atom. The van der Waals surface area contributed by atoms with Crippen molar-refractivity contribution in [2.45, 2.75) is 52.0 Å². The molecule has 0 spiro atoms. The van der Waals surface area contributed by atoms with E-state index in [1.165, 1.54) is 12.8 Å². The highest BCUT2D eigenvalue weighted by Gasteiger charge is 2.35. The third-order valence-electron chi connectivity index (χ3n) is 3.70. The molecule has 0 radical (unpaired) electrons. The lowest BCUT2D eigenvalue weighted by Gasteiger charge is -2.35. The Labute approximate surface area is 105 Å². The Hall–Kier alpha value is -0.830. The van der Waals surface area contributed by atoms with Gasteiger partial charge in [-0.15, -0.1) is 6.58 Å². The average molecular weight is 238 g/mol. The van der Waals surface area contributed by atoms with Crippen LogP contribution in [0.3, 0.4) is 0 Å². The first-order valence-electron chi connectivity index (χ1n) is 6.65. The highest BCUT2D eigenvalue weighted by atomic mass is 16.2. The third-order valence-corrected chi connectivity index (χ3v) is 3.70. The van der Waals surface area contributed by atoms with E-state index in [9.17, 15) is 4.79 Å². The van der Waals surface area contributed by atoms with E-state index >= 15 is 0 Å². The lowest BCUT2D eigenvalue weighted by atomic mass is 9.87. The second-order valence-corrected chi connectivity index (χ2v) is 5.61. The molecule has 0 unspecified atom stereocenters. The van der Waals surface area contributed by atoms with Gasteiger partial charge < -0.3 is 10.6 Å². The zero-order chi connectivity index (χ0) is 12.9. The van der Waals surface area contributed by atoms with Crippen LogP contribution in [0.5, 0.6) is 0 Å². The van der Waals surface area contributed by atoms with E-state index in [2.05, 4.69) is 6.58 Å². The lowest BCUT2D eigenvalue weighted by Crippen LogP contribution is -2.46. The average Bonchev–Trinajstić information content (AvgIpc) is 2.78. The first-order chi connectivity index (χ1) is 8.03. The number of rotatable bonds is 6. The summed E-state index contributed by atoms with van der Waals surface area (Å²) in [5.74, 6) is 0.231. The Morgan fingerprint density at radius 1 is 1.47 bits per heavy atom. The summed E-state index contributed by atoms with van der Waals surface area (Å²) in [4.78, 5) is 14.6. The first kappa shape index (κ1) is 14.2. The molecule has 0 heterocycles. The van der Waals surface area contributed by atoms with Gasteiger partial charge in [-0.3, -0.25) is 4.79 Å². The van der Waals surface area contributed by atoms with Crippen molar-refractivity contribution in [1.29, 1.82) is 0 Å². The van der Waals surface area contributed by atoms with Crippen molar-refractivity contribution >= 4 is 5.91 Å². The number of nitrogens with two attached hydrogens (primary N) is 1. The van der Waals surface area contributed by atoms with Gasteiger partial charge in [0, 0.05) is 18.0 Å². The van der Waals surface area contributed by atoms with Gasteiger partial charge in [0.05, 0.1) is 0 Å². The summed E-state index contributed by atoms with van der Waals surface area (Å²) in [5, 5.41) is 0. The standard InChI is InChI=1S/C14H26N2O/c1-4-11-16(12-7-5-6-8-12)13(17)14(2,3)9-10-15/h4,12H,1,5-11,15H2,2-3H3. The molecule has 1 rings (SSSR count). The normalized spacial score (nSPS) is 17.1. The van der Waals surface area contributed by atoms with Crippen molar-refractivity contribution in [3.05, 3.63) is 12.7 Å². The van der Waals surface area contributed by atoms with Gasteiger partial charge in [0.25, 0.3) is 0 Å². The number of amides is 1. The van der Waals surface area contributed by atoms with E-state index in [0.29, 0.717) is 19.1 Å². The second kappa shape index (κ2) is 6.20. The molecule has 2 N–H and O–H groups in total. The Morgan fingerprint density at radius 3 is 2.53 bits per heavy atom. The molecule has 0 atom stereocenters. The number of nitrogens with zero attached hydrogens (tertiary/aromatic N) is 1. The molecule has 0 aromatic carbocycles. The Bertz CT molecular complexity index is 267. The molecule has 17 heavy (non-hydrogen) atoms. The zero-order valence-corrected chi connectivity index (χ0v) is 11.2. The third kappa shape index (κ3) is 3.56. The van der Waals surface area contributed by atoms with Crippen LogP contribution in [0.15, 0.2) is 12.7 Å². The van der Waals surface area contributed by atoms with Crippen molar-refractivity contribution in [2.24, 2.45) is 11.1 Å². The van der Waals surface area contributed by atoms with E-state index in [-0.39, 0.29) is 11.3 Å². The van der Waals surface area contributed by atoms with Crippen LogP contribution in [0.25, 0.3) is 0 Å². The molecule has 1 saturated carbocycles. The van der Waals surface area contributed by atoms with E-state index in [1.54, 1.807) is 0 Å². The van der Waals surface area contributed by atoms with Gasteiger partial charge in [0.1, 0.15) is 0 Å². The summed E-state index contributed by atoms with van der Waals surface area (Å²) in [7, 11) is 0. The maximum absolute atomic E-state index is 12.6. The summed E-state index contributed by atoms with van der Waals surface area (Å²) in [6, 6.07) is 0.414. The quantitative estimate of drug-likeness (QED) is 0.722. The van der Waals surface area contributed by atoms with Gasteiger partial charge in [-0.2, -0.15) is 0 Å². The molecule has 0 saturated heterocycles. The summed E-state index contributed by atoms with van der Waals surface area (Å²) in [6.45, 7) is 8.98. The number of carbonyl (C=O) groups is 1. The van der Waals surface area contributed by atoms with Crippen LogP contribution in [-0.2, 0) is 4.79 Å². The predicted octanol–water partition coefficient (Wildman–Crippen LogP) is 2.32. The van der Waals surface area contributed by atoms with Crippen LogP contribution >= 0.6 is 0 Å². The molecular formula is C14H26N2O. The maximum atomic E-state index is 12.6. The molecule has 1 aliphatic rings. The molecule has 1 fully saturated rings. The fraction of sp³-hybridized carbons (Fsp3) is 0.786. The van der Waals surface area contributed by atoms with E-state index in [0.717, 1.165) is 19.3 Å². The lowest BCUT2D eigenvalue weighted by molar-refractivity contribution is -0.142. The molecule has 98 valence electrons. The molecule has 1 aliphatic carbocycles. The number of hydrogen-bond acceptors (Lipinski definition) is 2. The van der Waals surface area contributed by atoms with Crippen LogP contribution < -0.4 is 5.73 Å². The second-order valence-electron chi connectivity index (χ2n) is 5.61. The van der Waals surface area contributed by atoms with Crippen LogP contribution in [0, 0.1) is 5.41 Å². The van der Waals surface area contributed by atoms with Crippen LogP contribution in [0.2, 0.25) is 0 Å². The van der Waals surface area contributed by atoms with Gasteiger partial charge in [0.2, 0.25) is 5.91 Å². The largest absolute Gasteiger partial charge is 0.336 e. The Balaban J connectivity index is 2.74. The maximum Gasteiger partial charge on any atom is 0.228 e. The molecule has 0 bridgehead atoms. The fourth-order valence-electron chi connectivity index (χ4n) is 2.61. The molecular weight excluding hydrogens is 212 g/mol. The van der Waals surface area contributed by atoms with E-state index in [4.69, 9.17) is 5.73 Å². The molecule has 1 amide bonds. The van der Waals surface area contributed by atoms with Crippen LogP contribution in [0.1, 0.15) is 46.0 Å². The number of carbonyl (C=O) groups excluding carboxylic acids is 1. The van der Waals surface area contributed by atoms with E-state index < -0.39 is 0 Å². The first-order valence-corrected chi connectivity index (χ1v) is 6.65. The predicted molar refractivity (Wildman–Crippen MR) is 71.6 cm³/mol. The molecule has 0 aliphatic heterocycles. The van der Waals surface area contributed by atoms with Gasteiger partial charge >= 0.3 is 0 Å². The van der Waals surface area contributed by atoms with Gasteiger partial charge in [-0.25, -0.2) is 0 Å². The zero-order valence-electron chi connectivity index (χ0n) is 11.2. The molecule has 3 nitrogen and oxygen atoms in total. The van der Waals surface area contributed by atoms with Crippen molar-refractivity contribution in [3.63, 3.8) is 0 Å². The fourth-order valence-corrected chi connectivity index (χ4v) is 2.61. The monoisotopic (exact) mass is 238 g/mol. The summed E-state index contributed by atoms with van der Waals surface area (Å²) in [5.41, 5.74) is 5.24. The minimum atomic E-state index is -0.347. The number of hydrogen-bond donors (Lipinski definition) is 1. The minimum absolute atomic E-state index is 0.231. The SMILES string of the molecule is C=CCN(C(=O)C(C)(C)CCN)C1CCCC1. The highest BCUT2D eigenvalue weighted by Crippen LogP contribution is 2.29. The highest BCUT2D eigenvalue weighted by molar-refractivity contribution is 5.82. The smallest absolute Gasteiger partial charge is 0.228 e. The van der Waals surface area contributed by atoms with Crippen molar-refractivity contribution < 1.29 is 4.79 Å². The van der Waals surface area contributed by atoms with Crippen molar-refractivity contribution in [3.8, 4) is 0 Å². The van der Waals surface area contributed by atoms with Gasteiger partial charge in [0.15, 0.2) is 0 Å². The summed E-state index contributed by atoms with van der Waals surface area (Å²) in [6.07, 6.45) is 7.32. The van der Waals surface area contributed by atoms with Crippen molar-refractivity contribution in [2.75, 3.05) is 13.1 Å².